The van der Waals surface area contributed by atoms with Crippen molar-refractivity contribution in [3.8, 4) is 0 Å². The Balaban J connectivity index is 1.67. The standard InChI is InChI=1S/C17H21FN4/c18-15-8-4-3-7-14(15)13-20-16-9-10-19-17(21-16)22-11-5-1-2-6-12-22/h3-4,7-10H,1-2,5-6,11-13H2,(H,19,20,21). The molecule has 1 aromatic carbocycles. The lowest BCUT2D eigenvalue weighted by molar-refractivity contribution is 0.613. The third kappa shape index (κ3) is 3.72. The molecule has 1 fully saturated rings. The number of nitrogens with one attached hydrogen (secondary N) is 1. The normalized spacial score (nSPS) is 15.4. The van der Waals surface area contributed by atoms with E-state index >= 15 is 0 Å². The van der Waals surface area contributed by atoms with Crippen LogP contribution in [0, 0.1) is 5.82 Å². The molecule has 5 heteroatoms. The first-order valence-electron chi connectivity index (χ1n) is 7.88. The topological polar surface area (TPSA) is 41.1 Å². The average molecular weight is 300 g/mol. The molecule has 0 saturated carbocycles. The molecule has 1 saturated heterocycles. The van der Waals surface area contributed by atoms with Gasteiger partial charge in [-0.15, -0.1) is 0 Å². The van der Waals surface area contributed by atoms with Gasteiger partial charge in [-0.25, -0.2) is 9.37 Å². The van der Waals surface area contributed by atoms with Gasteiger partial charge in [0.1, 0.15) is 11.6 Å². The van der Waals surface area contributed by atoms with E-state index in [1.807, 2.05) is 12.1 Å². The Morgan fingerprint density at radius 3 is 2.59 bits per heavy atom. The third-order valence-electron chi connectivity index (χ3n) is 3.95. The molecule has 22 heavy (non-hydrogen) atoms. The Morgan fingerprint density at radius 2 is 1.82 bits per heavy atom. The second-order valence-electron chi connectivity index (χ2n) is 5.59. The molecule has 2 aromatic rings. The summed E-state index contributed by atoms with van der Waals surface area (Å²) in [5, 5.41) is 3.18. The van der Waals surface area contributed by atoms with E-state index < -0.39 is 0 Å². The van der Waals surface area contributed by atoms with E-state index in [1.165, 1.54) is 31.7 Å². The number of nitrogens with zero attached hydrogens (tertiary/aromatic N) is 3. The summed E-state index contributed by atoms with van der Waals surface area (Å²) < 4.78 is 13.6. The zero-order valence-corrected chi connectivity index (χ0v) is 12.6. The van der Waals surface area contributed by atoms with Gasteiger partial charge in [0, 0.05) is 31.4 Å². The van der Waals surface area contributed by atoms with E-state index in [0.717, 1.165) is 24.9 Å². The van der Waals surface area contributed by atoms with Gasteiger partial charge in [-0.05, 0) is 25.0 Å². The largest absolute Gasteiger partial charge is 0.366 e. The predicted molar refractivity (Wildman–Crippen MR) is 86.4 cm³/mol. The molecule has 0 unspecified atom stereocenters. The van der Waals surface area contributed by atoms with Crippen LogP contribution < -0.4 is 10.2 Å². The molecule has 2 heterocycles. The van der Waals surface area contributed by atoms with Crippen molar-refractivity contribution in [2.24, 2.45) is 0 Å². The van der Waals surface area contributed by atoms with Gasteiger partial charge in [0.25, 0.3) is 0 Å². The maximum absolute atomic E-state index is 13.6. The molecule has 0 aliphatic carbocycles. The van der Waals surface area contributed by atoms with Gasteiger partial charge in [0.05, 0.1) is 0 Å². The number of hydrogen-bond acceptors (Lipinski definition) is 4. The van der Waals surface area contributed by atoms with E-state index in [9.17, 15) is 4.39 Å². The molecule has 116 valence electrons. The van der Waals surface area contributed by atoms with Gasteiger partial charge in [-0.3, -0.25) is 0 Å². The van der Waals surface area contributed by atoms with E-state index in [0.29, 0.717) is 12.1 Å². The highest BCUT2D eigenvalue weighted by Crippen LogP contribution is 2.17. The smallest absolute Gasteiger partial charge is 0.227 e. The molecule has 1 aliphatic rings. The number of benzene rings is 1. The summed E-state index contributed by atoms with van der Waals surface area (Å²) in [5.41, 5.74) is 0.637. The average Bonchev–Trinajstić information content (AvgIpc) is 2.84. The van der Waals surface area contributed by atoms with Crippen LogP contribution in [0.2, 0.25) is 0 Å². The first kappa shape index (κ1) is 14.8. The maximum Gasteiger partial charge on any atom is 0.227 e. The minimum absolute atomic E-state index is 0.197. The number of anilines is 2. The molecule has 1 N–H and O–H groups in total. The van der Waals surface area contributed by atoms with Crippen molar-refractivity contribution in [2.75, 3.05) is 23.3 Å². The quantitative estimate of drug-likeness (QED) is 0.936. The minimum Gasteiger partial charge on any atom is -0.366 e. The lowest BCUT2D eigenvalue weighted by Crippen LogP contribution is -2.26. The van der Waals surface area contributed by atoms with Gasteiger partial charge in [-0.1, -0.05) is 31.0 Å². The molecule has 1 aromatic heterocycles. The van der Waals surface area contributed by atoms with Gasteiger partial charge < -0.3 is 10.2 Å². The van der Waals surface area contributed by atoms with Crippen molar-refractivity contribution >= 4 is 11.8 Å². The Bertz CT molecular complexity index is 609. The summed E-state index contributed by atoms with van der Waals surface area (Å²) in [4.78, 5) is 11.2. The number of halogens is 1. The summed E-state index contributed by atoms with van der Waals surface area (Å²) in [7, 11) is 0. The van der Waals surface area contributed by atoms with Crippen LogP contribution in [0.4, 0.5) is 16.2 Å². The summed E-state index contributed by atoms with van der Waals surface area (Å²) in [5.74, 6) is 1.30. The van der Waals surface area contributed by atoms with E-state index in [4.69, 9.17) is 0 Å². The second kappa shape index (κ2) is 7.20. The van der Waals surface area contributed by atoms with Crippen LogP contribution in [-0.4, -0.2) is 23.1 Å². The first-order chi connectivity index (χ1) is 10.8. The van der Waals surface area contributed by atoms with Crippen LogP contribution in [0.5, 0.6) is 0 Å². The molecular weight excluding hydrogens is 279 g/mol. The second-order valence-corrected chi connectivity index (χ2v) is 5.59. The molecule has 0 bridgehead atoms. The molecule has 0 amide bonds. The van der Waals surface area contributed by atoms with Gasteiger partial charge in [0.2, 0.25) is 5.95 Å². The van der Waals surface area contributed by atoms with E-state index in [-0.39, 0.29) is 5.82 Å². The van der Waals surface area contributed by atoms with Crippen molar-refractivity contribution < 1.29 is 4.39 Å². The SMILES string of the molecule is Fc1ccccc1CNc1ccnc(N2CCCCCC2)n1. The Hall–Kier alpha value is -2.17. The Kier molecular flexibility index (Phi) is 4.83. The van der Waals surface area contributed by atoms with Crippen LogP contribution in [0.15, 0.2) is 36.5 Å². The fraction of sp³-hybridized carbons (Fsp3) is 0.412. The van der Waals surface area contributed by atoms with Crippen molar-refractivity contribution in [1.29, 1.82) is 0 Å². The molecular formula is C17H21FN4. The van der Waals surface area contributed by atoms with Crippen molar-refractivity contribution in [3.63, 3.8) is 0 Å². The zero-order chi connectivity index (χ0) is 15.2. The Labute approximate surface area is 130 Å². The van der Waals surface area contributed by atoms with Crippen LogP contribution in [0.1, 0.15) is 31.2 Å². The predicted octanol–water partition coefficient (Wildman–Crippen LogP) is 3.61. The van der Waals surface area contributed by atoms with Crippen LogP contribution in [0.3, 0.4) is 0 Å². The molecule has 3 rings (SSSR count). The fourth-order valence-corrected chi connectivity index (χ4v) is 2.70. The first-order valence-corrected chi connectivity index (χ1v) is 7.88. The van der Waals surface area contributed by atoms with E-state index in [1.54, 1.807) is 18.3 Å². The molecule has 0 radical (unpaired) electrons. The lowest BCUT2D eigenvalue weighted by atomic mass is 10.2. The third-order valence-corrected chi connectivity index (χ3v) is 3.95. The summed E-state index contributed by atoms with van der Waals surface area (Å²) in [6.07, 6.45) is 6.70. The van der Waals surface area contributed by atoms with Gasteiger partial charge in [0.15, 0.2) is 0 Å². The van der Waals surface area contributed by atoms with Crippen molar-refractivity contribution in [3.05, 3.63) is 47.9 Å². The summed E-state index contributed by atoms with van der Waals surface area (Å²) in [6.45, 7) is 2.44. The number of hydrogen-bond donors (Lipinski definition) is 1. The monoisotopic (exact) mass is 300 g/mol. The highest BCUT2D eigenvalue weighted by molar-refractivity contribution is 5.42. The highest BCUT2D eigenvalue weighted by Gasteiger charge is 2.12. The van der Waals surface area contributed by atoms with Crippen molar-refractivity contribution in [2.45, 2.75) is 32.2 Å². The van der Waals surface area contributed by atoms with Gasteiger partial charge >= 0.3 is 0 Å². The van der Waals surface area contributed by atoms with Crippen LogP contribution >= 0.6 is 0 Å². The fourth-order valence-electron chi connectivity index (χ4n) is 2.70. The minimum atomic E-state index is -0.197. The molecule has 0 atom stereocenters. The summed E-state index contributed by atoms with van der Waals surface area (Å²) >= 11 is 0. The number of aromatic nitrogens is 2. The Morgan fingerprint density at radius 1 is 1.05 bits per heavy atom. The number of rotatable bonds is 4. The van der Waals surface area contributed by atoms with Gasteiger partial charge in [-0.2, -0.15) is 4.98 Å². The van der Waals surface area contributed by atoms with E-state index in [2.05, 4.69) is 20.2 Å². The van der Waals surface area contributed by atoms with Crippen LogP contribution in [0.25, 0.3) is 0 Å². The molecule has 0 spiro atoms. The maximum atomic E-state index is 13.6. The zero-order valence-electron chi connectivity index (χ0n) is 12.6. The lowest BCUT2D eigenvalue weighted by Gasteiger charge is -2.20. The van der Waals surface area contributed by atoms with Crippen molar-refractivity contribution in [1.82, 2.24) is 9.97 Å². The van der Waals surface area contributed by atoms with Crippen LogP contribution in [-0.2, 0) is 6.54 Å². The summed E-state index contributed by atoms with van der Waals surface area (Å²) in [6, 6.07) is 8.60. The highest BCUT2D eigenvalue weighted by atomic mass is 19.1. The molecule has 1 aliphatic heterocycles. The molecule has 4 nitrogen and oxygen atoms in total.